The molecule has 1 unspecified atom stereocenters. The van der Waals surface area contributed by atoms with Gasteiger partial charge in [-0.05, 0) is 36.8 Å². The molecule has 8 heteroatoms. The molecule has 1 atom stereocenters. The Labute approximate surface area is 187 Å². The maximum absolute atomic E-state index is 13.6. The van der Waals surface area contributed by atoms with E-state index in [4.69, 9.17) is 9.47 Å². The second-order valence-electron chi connectivity index (χ2n) is 7.26. The number of hydrogen-bond donors (Lipinski definition) is 1. The van der Waals surface area contributed by atoms with Gasteiger partial charge in [0, 0.05) is 30.2 Å². The fourth-order valence-corrected chi connectivity index (χ4v) is 5.09. The summed E-state index contributed by atoms with van der Waals surface area (Å²) in [5.41, 5.74) is 0.749. The molecule has 4 rings (SSSR count). The zero-order chi connectivity index (χ0) is 22.7. The Morgan fingerprint density at radius 2 is 1.75 bits per heavy atom. The molecule has 0 saturated carbocycles. The molecule has 1 aromatic heterocycles. The summed E-state index contributed by atoms with van der Waals surface area (Å²) >= 11 is 0. The maximum Gasteiger partial charge on any atom is 0.242 e. The first-order valence-corrected chi connectivity index (χ1v) is 11.7. The van der Waals surface area contributed by atoms with Gasteiger partial charge in [0.15, 0.2) is 0 Å². The van der Waals surface area contributed by atoms with E-state index in [1.807, 2.05) is 44.3 Å². The molecule has 7 nitrogen and oxygen atoms in total. The van der Waals surface area contributed by atoms with E-state index in [9.17, 15) is 8.42 Å². The predicted octanol–water partition coefficient (Wildman–Crippen LogP) is 4.05. The van der Waals surface area contributed by atoms with Gasteiger partial charge < -0.3 is 14.0 Å². The smallest absolute Gasteiger partial charge is 0.242 e. The van der Waals surface area contributed by atoms with Gasteiger partial charge in [0.2, 0.25) is 10.0 Å². The van der Waals surface area contributed by atoms with Crippen LogP contribution < -0.4 is 14.2 Å². The highest BCUT2D eigenvalue weighted by molar-refractivity contribution is 7.89. The van der Waals surface area contributed by atoms with Crippen molar-refractivity contribution in [2.75, 3.05) is 13.7 Å². The third-order valence-corrected chi connectivity index (χ3v) is 6.75. The number of aryl methyl sites for hydroxylation is 1. The fourth-order valence-electron chi connectivity index (χ4n) is 3.70. The van der Waals surface area contributed by atoms with Crippen molar-refractivity contribution in [3.8, 4) is 11.5 Å². The molecule has 0 bridgehead atoms. The molecular formula is C24H25N3O4S. The largest absolute Gasteiger partial charge is 0.497 e. The number of rotatable bonds is 8. The Hall–Kier alpha value is -3.36. The van der Waals surface area contributed by atoms with Crippen LogP contribution in [0.5, 0.6) is 11.5 Å². The van der Waals surface area contributed by atoms with Gasteiger partial charge in [0.05, 0.1) is 18.6 Å². The lowest BCUT2D eigenvalue weighted by Crippen LogP contribution is -2.31. The molecule has 0 aliphatic rings. The summed E-state index contributed by atoms with van der Waals surface area (Å²) in [6.07, 6.45) is 3.43. The highest BCUT2D eigenvalue weighted by Crippen LogP contribution is 2.32. The number of benzene rings is 3. The number of imidazole rings is 1. The van der Waals surface area contributed by atoms with Gasteiger partial charge in [-0.3, -0.25) is 0 Å². The van der Waals surface area contributed by atoms with Crippen molar-refractivity contribution < 1.29 is 17.9 Å². The average molecular weight is 452 g/mol. The topological polar surface area (TPSA) is 82.5 Å². The first kappa shape index (κ1) is 21.9. The third kappa shape index (κ3) is 4.19. The van der Waals surface area contributed by atoms with Gasteiger partial charge >= 0.3 is 0 Å². The number of ether oxygens (including phenoxy) is 2. The van der Waals surface area contributed by atoms with Gasteiger partial charge in [0.1, 0.15) is 23.4 Å². The normalized spacial score (nSPS) is 12.6. The predicted molar refractivity (Wildman–Crippen MR) is 123 cm³/mol. The van der Waals surface area contributed by atoms with E-state index < -0.39 is 16.1 Å². The minimum atomic E-state index is -3.91. The quantitative estimate of drug-likeness (QED) is 0.437. The highest BCUT2D eigenvalue weighted by Gasteiger charge is 2.27. The van der Waals surface area contributed by atoms with E-state index in [2.05, 4.69) is 9.71 Å². The summed E-state index contributed by atoms with van der Waals surface area (Å²) < 4.78 is 42.8. The molecule has 0 fully saturated rings. The molecule has 1 heterocycles. The van der Waals surface area contributed by atoms with Crippen LogP contribution in [0.3, 0.4) is 0 Å². The lowest BCUT2D eigenvalue weighted by atomic mass is 10.1. The summed E-state index contributed by atoms with van der Waals surface area (Å²) in [5.74, 6) is 1.92. The molecule has 0 aliphatic carbocycles. The Morgan fingerprint density at radius 3 is 2.38 bits per heavy atom. The van der Waals surface area contributed by atoms with E-state index in [-0.39, 0.29) is 4.90 Å². The molecule has 0 saturated heterocycles. The van der Waals surface area contributed by atoms with Crippen LogP contribution in [0.15, 0.2) is 78.0 Å². The monoisotopic (exact) mass is 451 g/mol. The number of sulfonamides is 1. The Kier molecular flexibility index (Phi) is 6.16. The zero-order valence-electron chi connectivity index (χ0n) is 18.1. The molecule has 1 N–H and O–H groups in total. The first-order chi connectivity index (χ1) is 15.4. The summed E-state index contributed by atoms with van der Waals surface area (Å²) in [7, 11) is -0.494. The lowest BCUT2D eigenvalue weighted by Gasteiger charge is -2.20. The van der Waals surface area contributed by atoms with Gasteiger partial charge in [-0.15, -0.1) is 0 Å². The minimum absolute atomic E-state index is 0.185. The van der Waals surface area contributed by atoms with Crippen molar-refractivity contribution in [2.24, 2.45) is 7.05 Å². The summed E-state index contributed by atoms with van der Waals surface area (Å²) in [5, 5.41) is 1.34. The maximum atomic E-state index is 13.6. The summed E-state index contributed by atoms with van der Waals surface area (Å²) in [6.45, 7) is 2.39. The standard InChI is InChI=1S/C24H25N3O4S/c1-4-31-21-13-14-22(20-8-6-5-7-19(20)21)32(28,29)26-23(24-25-15-16-27(24)2)17-9-11-18(30-3)12-10-17/h5-16,23,26H,4H2,1-3H3. The highest BCUT2D eigenvalue weighted by atomic mass is 32.2. The zero-order valence-corrected chi connectivity index (χ0v) is 19.0. The van der Waals surface area contributed by atoms with E-state index in [1.54, 1.807) is 54.4 Å². The first-order valence-electron chi connectivity index (χ1n) is 10.2. The molecular weight excluding hydrogens is 426 g/mol. The van der Waals surface area contributed by atoms with Gasteiger partial charge in [-0.1, -0.05) is 36.4 Å². The Balaban J connectivity index is 1.80. The fraction of sp³-hybridized carbons (Fsp3) is 0.208. The number of fused-ring (bicyclic) bond motifs is 1. The van der Waals surface area contributed by atoms with Crippen LogP contribution in [0.4, 0.5) is 0 Å². The van der Waals surface area contributed by atoms with E-state index >= 15 is 0 Å². The molecule has 4 aromatic rings. The van der Waals surface area contributed by atoms with Crippen LogP contribution in [-0.2, 0) is 17.1 Å². The van der Waals surface area contributed by atoms with Crippen molar-refractivity contribution >= 4 is 20.8 Å². The number of nitrogens with zero attached hydrogens (tertiary/aromatic N) is 2. The lowest BCUT2D eigenvalue weighted by molar-refractivity contribution is 0.344. The number of hydrogen-bond acceptors (Lipinski definition) is 5. The van der Waals surface area contributed by atoms with Gasteiger partial charge in [-0.25, -0.2) is 13.4 Å². The molecule has 3 aromatic carbocycles. The second kappa shape index (κ2) is 9.02. The van der Waals surface area contributed by atoms with E-state index in [0.717, 1.165) is 10.9 Å². The van der Waals surface area contributed by atoms with E-state index in [1.165, 1.54) is 0 Å². The molecule has 0 amide bonds. The third-order valence-electron chi connectivity index (χ3n) is 5.27. The summed E-state index contributed by atoms with van der Waals surface area (Å²) in [4.78, 5) is 4.58. The van der Waals surface area contributed by atoms with Crippen LogP contribution in [0, 0.1) is 0 Å². The molecule has 0 radical (unpaired) electrons. The van der Waals surface area contributed by atoms with Crippen LogP contribution in [0.25, 0.3) is 10.8 Å². The number of nitrogens with one attached hydrogen (secondary N) is 1. The van der Waals surface area contributed by atoms with Gasteiger partial charge in [-0.2, -0.15) is 4.72 Å². The van der Waals surface area contributed by atoms with Crippen molar-refractivity contribution in [3.63, 3.8) is 0 Å². The van der Waals surface area contributed by atoms with Crippen LogP contribution >= 0.6 is 0 Å². The number of methoxy groups -OCH3 is 1. The van der Waals surface area contributed by atoms with Crippen LogP contribution in [-0.4, -0.2) is 31.7 Å². The van der Waals surface area contributed by atoms with Crippen molar-refractivity contribution in [1.82, 2.24) is 14.3 Å². The average Bonchev–Trinajstić information content (AvgIpc) is 3.23. The molecule has 0 spiro atoms. The van der Waals surface area contributed by atoms with Crippen molar-refractivity contribution in [1.29, 1.82) is 0 Å². The Morgan fingerprint density at radius 1 is 1.03 bits per heavy atom. The summed E-state index contributed by atoms with van der Waals surface area (Å²) in [6, 6.07) is 17.2. The SMILES string of the molecule is CCOc1ccc(S(=O)(=O)NC(c2ccc(OC)cc2)c2nccn2C)c2ccccc12. The van der Waals surface area contributed by atoms with Crippen LogP contribution in [0.1, 0.15) is 24.4 Å². The minimum Gasteiger partial charge on any atom is -0.497 e. The van der Waals surface area contributed by atoms with Crippen molar-refractivity contribution in [3.05, 3.63) is 84.4 Å². The molecule has 32 heavy (non-hydrogen) atoms. The second-order valence-corrected chi connectivity index (χ2v) is 8.95. The molecule has 166 valence electrons. The Bertz CT molecular complexity index is 1330. The molecule has 0 aliphatic heterocycles. The van der Waals surface area contributed by atoms with E-state index in [0.29, 0.717) is 29.3 Å². The van der Waals surface area contributed by atoms with Crippen LogP contribution in [0.2, 0.25) is 0 Å². The number of aromatic nitrogens is 2. The van der Waals surface area contributed by atoms with Gasteiger partial charge in [0.25, 0.3) is 0 Å². The van der Waals surface area contributed by atoms with Crippen molar-refractivity contribution in [2.45, 2.75) is 17.9 Å².